The number of anilines is 2. The predicted octanol–water partition coefficient (Wildman–Crippen LogP) is 4.81. The Morgan fingerprint density at radius 1 is 1.00 bits per heavy atom. The first-order valence-electron chi connectivity index (χ1n) is 11.2. The first-order chi connectivity index (χ1) is 16.0. The molecule has 5 rings (SSSR count). The summed E-state index contributed by atoms with van der Waals surface area (Å²) in [5.41, 5.74) is 5.76. The van der Waals surface area contributed by atoms with Gasteiger partial charge in [0.1, 0.15) is 6.04 Å². The molecule has 0 aliphatic carbocycles. The minimum atomic E-state index is -0.617. The van der Waals surface area contributed by atoms with Gasteiger partial charge in [0.2, 0.25) is 11.9 Å². The smallest absolute Gasteiger partial charge is 0.253 e. The summed E-state index contributed by atoms with van der Waals surface area (Å²) in [6.07, 6.45) is 0.776. The molecule has 0 spiro atoms. The highest BCUT2D eigenvalue weighted by Gasteiger charge is 2.40. The number of aromatic nitrogens is 2. The zero-order valence-electron chi connectivity index (χ0n) is 18.8. The quantitative estimate of drug-likeness (QED) is 0.470. The molecule has 0 unspecified atom stereocenters. The number of para-hydroxylation sites is 2. The van der Waals surface area contributed by atoms with Crippen molar-refractivity contribution >= 4 is 34.5 Å². The third-order valence-electron chi connectivity index (χ3n) is 6.18. The average molecular weight is 439 g/mol. The number of rotatable bonds is 6. The molecule has 1 atom stereocenters. The second-order valence-corrected chi connectivity index (χ2v) is 8.58. The molecule has 166 valence electrons. The Morgan fingerprint density at radius 3 is 2.55 bits per heavy atom. The summed E-state index contributed by atoms with van der Waals surface area (Å²) in [5, 5.41) is 2.99. The molecule has 1 aromatic heterocycles. The normalized spacial score (nSPS) is 15.2. The number of carbonyl (C=O) groups excluding carboxylic acids is 2. The van der Waals surface area contributed by atoms with E-state index in [4.69, 9.17) is 4.98 Å². The number of benzene rings is 3. The van der Waals surface area contributed by atoms with Crippen molar-refractivity contribution in [1.82, 2.24) is 9.55 Å². The molecule has 0 radical (unpaired) electrons. The van der Waals surface area contributed by atoms with Crippen LogP contribution in [-0.4, -0.2) is 27.9 Å². The highest BCUT2D eigenvalue weighted by atomic mass is 16.2. The lowest BCUT2D eigenvalue weighted by atomic mass is 10.1. The van der Waals surface area contributed by atoms with Gasteiger partial charge >= 0.3 is 0 Å². The van der Waals surface area contributed by atoms with Gasteiger partial charge in [-0.05, 0) is 49.6 Å². The van der Waals surface area contributed by atoms with Crippen LogP contribution in [0.3, 0.4) is 0 Å². The van der Waals surface area contributed by atoms with E-state index in [1.807, 2.05) is 79.1 Å². The summed E-state index contributed by atoms with van der Waals surface area (Å²) in [6.45, 7) is 4.50. The number of carbonyl (C=O) groups is 2. The molecule has 2 heterocycles. The zero-order valence-corrected chi connectivity index (χ0v) is 18.8. The molecule has 0 saturated heterocycles. The summed E-state index contributed by atoms with van der Waals surface area (Å²) in [4.78, 5) is 32.9. The third-order valence-corrected chi connectivity index (χ3v) is 6.18. The number of hydrogen-bond donors (Lipinski definition) is 1. The maximum atomic E-state index is 13.5. The van der Waals surface area contributed by atoms with Gasteiger partial charge in [0.25, 0.3) is 5.91 Å². The third kappa shape index (κ3) is 4.00. The Kier molecular flexibility index (Phi) is 5.42. The van der Waals surface area contributed by atoms with E-state index in [1.165, 1.54) is 0 Å². The lowest BCUT2D eigenvalue weighted by molar-refractivity contribution is -0.124. The van der Waals surface area contributed by atoms with Crippen LogP contribution in [0.1, 0.15) is 29.2 Å². The van der Waals surface area contributed by atoms with Crippen LogP contribution in [0.2, 0.25) is 0 Å². The molecule has 2 amide bonds. The first kappa shape index (κ1) is 20.9. The molecule has 6 nitrogen and oxygen atoms in total. The second-order valence-electron chi connectivity index (χ2n) is 8.58. The standard InChI is InChI=1S/C27H26N4O2/c1-18-12-13-21(19(2)16-18)28-25(32)17-24-26(33)30(15-14-20-8-4-3-5-9-20)27-29-22-10-6-7-11-23(22)31(24)27/h3-13,16,24H,14-15,17H2,1-2H3,(H,28,32)/t24-/m1/s1. The zero-order chi connectivity index (χ0) is 22.9. The van der Waals surface area contributed by atoms with Crippen molar-refractivity contribution in [1.29, 1.82) is 0 Å². The monoisotopic (exact) mass is 438 g/mol. The van der Waals surface area contributed by atoms with Crippen molar-refractivity contribution in [2.24, 2.45) is 0 Å². The van der Waals surface area contributed by atoms with Gasteiger partial charge in [0, 0.05) is 12.2 Å². The van der Waals surface area contributed by atoms with Crippen LogP contribution in [0.25, 0.3) is 11.0 Å². The minimum absolute atomic E-state index is 0.0569. The number of fused-ring (bicyclic) bond motifs is 3. The highest BCUT2D eigenvalue weighted by molar-refractivity contribution is 6.05. The Balaban J connectivity index is 1.42. The van der Waals surface area contributed by atoms with Gasteiger partial charge in [-0.1, -0.05) is 60.2 Å². The van der Waals surface area contributed by atoms with Gasteiger partial charge < -0.3 is 5.32 Å². The van der Waals surface area contributed by atoms with Crippen LogP contribution in [0, 0.1) is 13.8 Å². The number of amides is 2. The van der Waals surface area contributed by atoms with Crippen LogP contribution in [-0.2, 0) is 16.0 Å². The fraction of sp³-hybridized carbons (Fsp3) is 0.222. The van der Waals surface area contributed by atoms with Crippen molar-refractivity contribution in [2.45, 2.75) is 32.7 Å². The number of imidazole rings is 1. The van der Waals surface area contributed by atoms with Gasteiger partial charge in [0.15, 0.2) is 0 Å². The van der Waals surface area contributed by atoms with E-state index < -0.39 is 6.04 Å². The Morgan fingerprint density at radius 2 is 1.76 bits per heavy atom. The summed E-state index contributed by atoms with van der Waals surface area (Å²) in [6, 6.07) is 23.1. The molecular formula is C27H26N4O2. The number of hydrogen-bond acceptors (Lipinski definition) is 3. The number of nitrogens with zero attached hydrogens (tertiary/aromatic N) is 3. The van der Waals surface area contributed by atoms with Crippen LogP contribution in [0.4, 0.5) is 11.6 Å². The lowest BCUT2D eigenvalue weighted by Crippen LogP contribution is -2.33. The molecule has 3 aromatic carbocycles. The minimum Gasteiger partial charge on any atom is -0.326 e. The number of nitrogens with one attached hydrogen (secondary N) is 1. The molecule has 0 fully saturated rings. The van der Waals surface area contributed by atoms with Crippen molar-refractivity contribution in [2.75, 3.05) is 16.8 Å². The van der Waals surface area contributed by atoms with Crippen molar-refractivity contribution in [3.05, 3.63) is 89.5 Å². The summed E-state index contributed by atoms with van der Waals surface area (Å²) in [7, 11) is 0. The highest BCUT2D eigenvalue weighted by Crippen LogP contribution is 2.36. The summed E-state index contributed by atoms with van der Waals surface area (Å²) >= 11 is 0. The number of aryl methyl sites for hydroxylation is 2. The average Bonchev–Trinajstić information content (AvgIpc) is 3.30. The van der Waals surface area contributed by atoms with E-state index in [9.17, 15) is 9.59 Å². The van der Waals surface area contributed by atoms with E-state index in [0.29, 0.717) is 12.5 Å². The Hall–Kier alpha value is -3.93. The van der Waals surface area contributed by atoms with Gasteiger partial charge in [0.05, 0.1) is 17.5 Å². The van der Waals surface area contributed by atoms with Crippen LogP contribution < -0.4 is 10.2 Å². The van der Waals surface area contributed by atoms with Crippen LogP contribution >= 0.6 is 0 Å². The van der Waals surface area contributed by atoms with Gasteiger partial charge in [-0.25, -0.2) is 4.98 Å². The largest absolute Gasteiger partial charge is 0.326 e. The second kappa shape index (κ2) is 8.54. The van der Waals surface area contributed by atoms with Gasteiger partial charge in [-0.15, -0.1) is 0 Å². The Bertz CT molecular complexity index is 1340. The summed E-state index contributed by atoms with van der Waals surface area (Å²) < 4.78 is 1.92. The van der Waals surface area contributed by atoms with Crippen LogP contribution in [0.15, 0.2) is 72.8 Å². The molecule has 1 aliphatic rings. The molecule has 0 saturated carbocycles. The van der Waals surface area contributed by atoms with Crippen molar-refractivity contribution in [3.63, 3.8) is 0 Å². The van der Waals surface area contributed by atoms with E-state index >= 15 is 0 Å². The van der Waals surface area contributed by atoms with Gasteiger partial charge in [-0.2, -0.15) is 0 Å². The van der Waals surface area contributed by atoms with Gasteiger partial charge in [-0.3, -0.25) is 19.1 Å². The molecular weight excluding hydrogens is 412 g/mol. The van der Waals surface area contributed by atoms with Crippen LogP contribution in [0.5, 0.6) is 0 Å². The van der Waals surface area contributed by atoms with E-state index in [0.717, 1.165) is 39.8 Å². The molecule has 33 heavy (non-hydrogen) atoms. The predicted molar refractivity (Wildman–Crippen MR) is 130 cm³/mol. The van der Waals surface area contributed by atoms with E-state index in [1.54, 1.807) is 4.90 Å². The fourth-order valence-corrected chi connectivity index (χ4v) is 4.52. The first-order valence-corrected chi connectivity index (χ1v) is 11.2. The lowest BCUT2D eigenvalue weighted by Gasteiger charge is -2.16. The molecule has 1 aliphatic heterocycles. The van der Waals surface area contributed by atoms with E-state index in [2.05, 4.69) is 17.4 Å². The molecule has 1 N–H and O–H groups in total. The maximum absolute atomic E-state index is 13.5. The van der Waals surface area contributed by atoms with E-state index in [-0.39, 0.29) is 18.2 Å². The topological polar surface area (TPSA) is 67.2 Å². The summed E-state index contributed by atoms with van der Waals surface area (Å²) in [5.74, 6) is 0.338. The fourth-order valence-electron chi connectivity index (χ4n) is 4.52. The SMILES string of the molecule is Cc1ccc(NC(=O)C[C@@H]2C(=O)N(CCc3ccccc3)c3nc4ccccc4n32)c(C)c1. The van der Waals surface area contributed by atoms with Crippen molar-refractivity contribution in [3.8, 4) is 0 Å². The molecule has 6 heteroatoms. The maximum Gasteiger partial charge on any atom is 0.253 e. The molecule has 4 aromatic rings. The van der Waals surface area contributed by atoms with Crippen molar-refractivity contribution < 1.29 is 9.59 Å². The Labute approximate surface area is 192 Å². The molecule has 0 bridgehead atoms.